The van der Waals surface area contributed by atoms with Gasteiger partial charge in [0.05, 0.1) is 5.03 Å². The number of anilines is 2. The number of rotatable bonds is 5. The molecule has 0 spiro atoms. The number of carbonyl (C=O) groups excluding carboxylic acids is 1. The van der Waals surface area contributed by atoms with Gasteiger partial charge in [0.1, 0.15) is 0 Å². The van der Waals surface area contributed by atoms with E-state index >= 15 is 0 Å². The van der Waals surface area contributed by atoms with Crippen molar-refractivity contribution in [2.24, 2.45) is 0 Å². The van der Waals surface area contributed by atoms with Crippen LogP contribution in [0.25, 0.3) is 0 Å². The average molecular weight is 366 g/mol. The van der Waals surface area contributed by atoms with Crippen molar-refractivity contribution in [3.8, 4) is 0 Å². The van der Waals surface area contributed by atoms with Gasteiger partial charge in [0.15, 0.2) is 0 Å². The normalized spacial score (nSPS) is 10.4. The maximum absolute atomic E-state index is 11.9. The first-order valence-corrected chi connectivity index (χ1v) is 8.23. The van der Waals surface area contributed by atoms with Crippen molar-refractivity contribution in [1.29, 1.82) is 0 Å². The molecule has 0 fully saturated rings. The van der Waals surface area contributed by atoms with Gasteiger partial charge in [-0.05, 0) is 52.7 Å². The highest BCUT2D eigenvalue weighted by atomic mass is 79.9. The van der Waals surface area contributed by atoms with E-state index in [9.17, 15) is 4.79 Å². The number of benzene rings is 1. The van der Waals surface area contributed by atoms with E-state index in [0.717, 1.165) is 20.7 Å². The van der Waals surface area contributed by atoms with Gasteiger partial charge < -0.3 is 11.1 Å². The molecule has 0 radical (unpaired) electrons. The van der Waals surface area contributed by atoms with E-state index in [1.54, 1.807) is 18.0 Å². The molecule has 0 bridgehead atoms. The summed E-state index contributed by atoms with van der Waals surface area (Å²) in [5.41, 5.74) is 8.17. The van der Waals surface area contributed by atoms with Crippen molar-refractivity contribution in [3.05, 3.63) is 46.6 Å². The van der Waals surface area contributed by atoms with Crippen LogP contribution in [0.2, 0.25) is 0 Å². The quantitative estimate of drug-likeness (QED) is 0.623. The van der Waals surface area contributed by atoms with Gasteiger partial charge in [-0.1, -0.05) is 6.07 Å². The van der Waals surface area contributed by atoms with Crippen molar-refractivity contribution < 1.29 is 4.79 Å². The Labute approximate surface area is 136 Å². The lowest BCUT2D eigenvalue weighted by atomic mass is 10.1. The Hall–Kier alpha value is -1.53. The number of aromatic nitrogens is 1. The third kappa shape index (κ3) is 4.75. The van der Waals surface area contributed by atoms with Crippen LogP contribution in [0, 0.1) is 6.92 Å². The highest BCUT2D eigenvalue weighted by Gasteiger charge is 2.06. The summed E-state index contributed by atoms with van der Waals surface area (Å²) in [5.74, 6) is 0.662. The second-order valence-electron chi connectivity index (χ2n) is 4.48. The summed E-state index contributed by atoms with van der Waals surface area (Å²) in [6, 6.07) is 9.37. The van der Waals surface area contributed by atoms with Crippen molar-refractivity contribution >= 4 is 45.0 Å². The summed E-state index contributed by atoms with van der Waals surface area (Å²) in [7, 11) is 0. The highest BCUT2D eigenvalue weighted by molar-refractivity contribution is 9.10. The number of nitrogens with two attached hydrogens (primary N) is 1. The van der Waals surface area contributed by atoms with Gasteiger partial charge in [0, 0.05) is 34.2 Å². The second-order valence-corrected chi connectivity index (χ2v) is 6.51. The van der Waals surface area contributed by atoms with Gasteiger partial charge in [0.25, 0.3) is 0 Å². The lowest BCUT2D eigenvalue weighted by Gasteiger charge is -2.09. The predicted octanol–water partition coefficient (Wildman–Crippen LogP) is 3.86. The minimum Gasteiger partial charge on any atom is -0.398 e. The number of nitrogens with zero attached hydrogens (tertiary/aromatic N) is 1. The molecule has 1 aromatic heterocycles. The van der Waals surface area contributed by atoms with E-state index in [4.69, 9.17) is 5.73 Å². The van der Waals surface area contributed by atoms with E-state index in [2.05, 4.69) is 26.2 Å². The molecule has 2 rings (SSSR count). The smallest absolute Gasteiger partial charge is 0.225 e. The van der Waals surface area contributed by atoms with Gasteiger partial charge in [-0.15, -0.1) is 11.8 Å². The monoisotopic (exact) mass is 365 g/mol. The molecule has 21 heavy (non-hydrogen) atoms. The number of nitrogens with one attached hydrogen (secondary N) is 1. The summed E-state index contributed by atoms with van der Waals surface area (Å²) in [6.07, 6.45) is 2.18. The number of hydrogen-bond donors (Lipinski definition) is 2. The molecule has 0 atom stereocenters. The van der Waals surface area contributed by atoms with Crippen LogP contribution in [0.1, 0.15) is 12.0 Å². The topological polar surface area (TPSA) is 68.0 Å². The van der Waals surface area contributed by atoms with Crippen LogP contribution in [0.3, 0.4) is 0 Å². The Bertz CT molecular complexity index is 631. The predicted molar refractivity (Wildman–Crippen MR) is 91.5 cm³/mol. The van der Waals surface area contributed by atoms with Crippen molar-refractivity contribution in [2.75, 3.05) is 16.8 Å². The molecule has 6 heteroatoms. The third-order valence-electron chi connectivity index (χ3n) is 2.93. The maximum atomic E-state index is 11.9. The fourth-order valence-electron chi connectivity index (χ4n) is 1.70. The maximum Gasteiger partial charge on any atom is 0.225 e. The summed E-state index contributed by atoms with van der Waals surface area (Å²) >= 11 is 4.90. The standard InChI is InChI=1S/C15H16BrN3OS/c1-10-12(17)3-2-4-13(10)19-14(20)7-8-21-15-6-5-11(16)9-18-15/h2-6,9H,7-8,17H2,1H3,(H,19,20). The van der Waals surface area contributed by atoms with Gasteiger partial charge in [-0.25, -0.2) is 4.98 Å². The zero-order chi connectivity index (χ0) is 15.2. The van der Waals surface area contributed by atoms with Crippen LogP contribution in [0.5, 0.6) is 0 Å². The van der Waals surface area contributed by atoms with E-state index < -0.39 is 0 Å². The third-order valence-corrected chi connectivity index (χ3v) is 4.34. The SMILES string of the molecule is Cc1c(N)cccc1NC(=O)CCSc1ccc(Br)cn1. The average Bonchev–Trinajstić information content (AvgIpc) is 2.46. The van der Waals surface area contributed by atoms with Crippen LogP contribution in [0.4, 0.5) is 11.4 Å². The van der Waals surface area contributed by atoms with E-state index in [0.29, 0.717) is 17.9 Å². The minimum atomic E-state index is -0.0201. The molecular formula is C15H16BrN3OS. The fraction of sp³-hybridized carbons (Fsp3) is 0.200. The Kier molecular flexibility index (Phi) is 5.64. The Balaban J connectivity index is 1.82. The van der Waals surface area contributed by atoms with Gasteiger partial charge in [-0.2, -0.15) is 0 Å². The molecule has 110 valence electrons. The lowest BCUT2D eigenvalue weighted by molar-refractivity contribution is -0.115. The number of halogens is 1. The largest absolute Gasteiger partial charge is 0.398 e. The van der Waals surface area contributed by atoms with Gasteiger partial charge in [0.2, 0.25) is 5.91 Å². The summed E-state index contributed by atoms with van der Waals surface area (Å²) in [6.45, 7) is 1.89. The Morgan fingerprint density at radius 3 is 2.90 bits per heavy atom. The first kappa shape index (κ1) is 15.9. The Morgan fingerprint density at radius 2 is 2.19 bits per heavy atom. The number of carbonyl (C=O) groups is 1. The van der Waals surface area contributed by atoms with Crippen LogP contribution in [-0.4, -0.2) is 16.6 Å². The van der Waals surface area contributed by atoms with Gasteiger partial charge >= 0.3 is 0 Å². The number of nitrogen functional groups attached to an aromatic ring is 1. The molecule has 0 aliphatic heterocycles. The molecule has 0 saturated carbocycles. The van der Waals surface area contributed by atoms with Crippen LogP contribution in [-0.2, 0) is 4.79 Å². The molecule has 0 aliphatic carbocycles. The lowest BCUT2D eigenvalue weighted by Crippen LogP contribution is -2.13. The molecule has 2 aromatic rings. The number of pyridine rings is 1. The minimum absolute atomic E-state index is 0.0201. The van der Waals surface area contributed by atoms with Crippen molar-refractivity contribution in [1.82, 2.24) is 4.98 Å². The first-order valence-electron chi connectivity index (χ1n) is 6.45. The van der Waals surface area contributed by atoms with E-state index in [1.165, 1.54) is 0 Å². The number of thioether (sulfide) groups is 1. The first-order chi connectivity index (χ1) is 10.1. The highest BCUT2D eigenvalue weighted by Crippen LogP contribution is 2.21. The van der Waals surface area contributed by atoms with E-state index in [1.807, 2.05) is 37.3 Å². The zero-order valence-electron chi connectivity index (χ0n) is 11.6. The fourth-order valence-corrected chi connectivity index (χ4v) is 2.72. The number of hydrogen-bond acceptors (Lipinski definition) is 4. The molecule has 0 aliphatic rings. The molecule has 0 saturated heterocycles. The van der Waals surface area contributed by atoms with Gasteiger partial charge in [-0.3, -0.25) is 4.79 Å². The summed E-state index contributed by atoms with van der Waals surface area (Å²) in [4.78, 5) is 16.2. The second kappa shape index (κ2) is 7.47. The molecule has 1 aromatic carbocycles. The Morgan fingerprint density at radius 1 is 1.38 bits per heavy atom. The molecular weight excluding hydrogens is 350 g/mol. The van der Waals surface area contributed by atoms with E-state index in [-0.39, 0.29) is 5.91 Å². The molecule has 1 amide bonds. The van der Waals surface area contributed by atoms with Crippen molar-refractivity contribution in [2.45, 2.75) is 18.4 Å². The zero-order valence-corrected chi connectivity index (χ0v) is 14.0. The van der Waals surface area contributed by atoms with Crippen LogP contribution >= 0.6 is 27.7 Å². The summed E-state index contributed by atoms with van der Waals surface area (Å²) < 4.78 is 0.946. The van der Waals surface area contributed by atoms with Crippen molar-refractivity contribution in [3.63, 3.8) is 0 Å². The number of amides is 1. The van der Waals surface area contributed by atoms with Crippen LogP contribution in [0.15, 0.2) is 46.0 Å². The summed E-state index contributed by atoms with van der Waals surface area (Å²) in [5, 5.41) is 3.79. The van der Waals surface area contributed by atoms with Crippen LogP contribution < -0.4 is 11.1 Å². The molecule has 4 nitrogen and oxygen atoms in total. The molecule has 3 N–H and O–H groups in total. The molecule has 1 heterocycles. The molecule has 0 unspecified atom stereocenters.